The smallest absolute Gasteiger partial charge is 0.0931 e. The molecule has 1 aromatic rings. The third-order valence-corrected chi connectivity index (χ3v) is 4.50. The minimum Gasteiger partial charge on any atom is -0.328 e. The molecule has 2 rings (SSSR count). The summed E-state index contributed by atoms with van der Waals surface area (Å²) >= 11 is 7.57. The Hall–Kier alpha value is -0.0900. The van der Waals surface area contributed by atoms with Gasteiger partial charge in [0.15, 0.2) is 0 Å². The van der Waals surface area contributed by atoms with Crippen LogP contribution in [0.3, 0.4) is 0 Å². The summed E-state index contributed by atoms with van der Waals surface area (Å²) in [5.41, 5.74) is 5.88. The van der Waals surface area contributed by atoms with Gasteiger partial charge in [0, 0.05) is 23.5 Å². The predicted octanol–water partition coefficient (Wildman–Crippen LogP) is 2.80. The minimum absolute atomic E-state index is 0.439. The monoisotopic (exact) mass is 258 g/mol. The second kappa shape index (κ2) is 6.01. The highest BCUT2D eigenvalue weighted by atomic mass is 35.5. The highest BCUT2D eigenvalue weighted by Crippen LogP contribution is 2.22. The number of nitrogens with two attached hydrogens (primary N) is 1. The van der Waals surface area contributed by atoms with Crippen LogP contribution in [0.25, 0.3) is 0 Å². The lowest BCUT2D eigenvalue weighted by Crippen LogP contribution is -2.38. The van der Waals surface area contributed by atoms with Gasteiger partial charge in [-0.05, 0) is 44.2 Å². The summed E-state index contributed by atoms with van der Waals surface area (Å²) in [6.45, 7) is 1.05. The lowest BCUT2D eigenvalue weighted by Gasteiger charge is -2.26. The molecule has 0 atom stereocenters. The van der Waals surface area contributed by atoms with Gasteiger partial charge in [-0.15, -0.1) is 11.3 Å². The van der Waals surface area contributed by atoms with Crippen molar-refractivity contribution in [2.24, 2.45) is 5.73 Å². The standard InChI is InChI=1S/C12H19ClN2S/c13-12-6-5-11(16-12)7-8-15-10-3-1-9(14)2-4-10/h5-6,9-10,15H,1-4,7-8,14H2. The summed E-state index contributed by atoms with van der Waals surface area (Å²) in [6, 6.07) is 5.21. The van der Waals surface area contributed by atoms with Gasteiger partial charge in [0.1, 0.15) is 0 Å². The van der Waals surface area contributed by atoms with Crippen molar-refractivity contribution in [1.29, 1.82) is 0 Å². The molecule has 1 saturated carbocycles. The molecule has 3 N–H and O–H groups in total. The Morgan fingerprint density at radius 2 is 2.06 bits per heavy atom. The summed E-state index contributed by atoms with van der Waals surface area (Å²) in [6.07, 6.45) is 5.88. The van der Waals surface area contributed by atoms with E-state index in [1.54, 1.807) is 11.3 Å². The number of nitrogens with one attached hydrogen (secondary N) is 1. The van der Waals surface area contributed by atoms with E-state index in [-0.39, 0.29) is 0 Å². The summed E-state index contributed by atoms with van der Waals surface area (Å²) in [5.74, 6) is 0. The lowest BCUT2D eigenvalue weighted by atomic mass is 9.92. The molecule has 2 nitrogen and oxygen atoms in total. The fourth-order valence-corrected chi connectivity index (χ4v) is 3.30. The first-order valence-corrected chi connectivity index (χ1v) is 7.16. The SMILES string of the molecule is NC1CCC(NCCc2ccc(Cl)s2)CC1. The molecule has 1 aliphatic rings. The third kappa shape index (κ3) is 3.74. The van der Waals surface area contributed by atoms with E-state index in [1.807, 2.05) is 6.07 Å². The van der Waals surface area contributed by atoms with Crippen LogP contribution in [0.15, 0.2) is 12.1 Å². The van der Waals surface area contributed by atoms with Gasteiger partial charge in [-0.3, -0.25) is 0 Å². The van der Waals surface area contributed by atoms with Crippen molar-refractivity contribution < 1.29 is 0 Å². The number of halogens is 1. The van der Waals surface area contributed by atoms with Crippen molar-refractivity contribution in [3.05, 3.63) is 21.3 Å². The highest BCUT2D eigenvalue weighted by molar-refractivity contribution is 7.16. The van der Waals surface area contributed by atoms with Gasteiger partial charge in [0.2, 0.25) is 0 Å². The molecule has 0 unspecified atom stereocenters. The maximum atomic E-state index is 5.89. The van der Waals surface area contributed by atoms with E-state index in [0.29, 0.717) is 12.1 Å². The van der Waals surface area contributed by atoms with E-state index in [0.717, 1.165) is 17.3 Å². The third-order valence-electron chi connectivity index (χ3n) is 3.21. The fraction of sp³-hybridized carbons (Fsp3) is 0.667. The highest BCUT2D eigenvalue weighted by Gasteiger charge is 2.17. The van der Waals surface area contributed by atoms with Crippen molar-refractivity contribution in [2.45, 2.75) is 44.2 Å². The molecule has 4 heteroatoms. The van der Waals surface area contributed by atoms with Crippen molar-refractivity contribution in [3.63, 3.8) is 0 Å². The van der Waals surface area contributed by atoms with Gasteiger partial charge in [-0.1, -0.05) is 11.6 Å². The first-order valence-electron chi connectivity index (χ1n) is 5.97. The maximum absolute atomic E-state index is 5.89. The summed E-state index contributed by atoms with van der Waals surface area (Å²) in [5, 5.41) is 3.61. The second-order valence-corrected chi connectivity index (χ2v) is 6.32. The molecule has 0 aliphatic heterocycles. The van der Waals surface area contributed by atoms with Gasteiger partial charge in [-0.2, -0.15) is 0 Å². The van der Waals surface area contributed by atoms with Crippen LogP contribution in [0.2, 0.25) is 4.34 Å². The van der Waals surface area contributed by atoms with Crippen LogP contribution < -0.4 is 11.1 Å². The van der Waals surface area contributed by atoms with Crippen LogP contribution in [-0.2, 0) is 6.42 Å². The molecule has 0 spiro atoms. The fourth-order valence-electron chi connectivity index (χ4n) is 2.21. The van der Waals surface area contributed by atoms with E-state index in [2.05, 4.69) is 11.4 Å². The van der Waals surface area contributed by atoms with Crippen molar-refractivity contribution >= 4 is 22.9 Å². The zero-order valence-electron chi connectivity index (χ0n) is 9.42. The molecule has 0 saturated heterocycles. The summed E-state index contributed by atoms with van der Waals surface area (Å²) in [7, 11) is 0. The van der Waals surface area contributed by atoms with E-state index < -0.39 is 0 Å². The molecule has 1 aliphatic carbocycles. The van der Waals surface area contributed by atoms with E-state index in [1.165, 1.54) is 30.6 Å². The molecule has 1 heterocycles. The molecule has 1 fully saturated rings. The van der Waals surface area contributed by atoms with Crippen LogP contribution >= 0.6 is 22.9 Å². The van der Waals surface area contributed by atoms with Crippen LogP contribution in [0, 0.1) is 0 Å². The van der Waals surface area contributed by atoms with Crippen LogP contribution in [0.4, 0.5) is 0 Å². The van der Waals surface area contributed by atoms with Gasteiger partial charge in [0.05, 0.1) is 4.34 Å². The van der Waals surface area contributed by atoms with Crippen molar-refractivity contribution in [3.8, 4) is 0 Å². The molecule has 0 aromatic carbocycles. The van der Waals surface area contributed by atoms with Crippen LogP contribution in [-0.4, -0.2) is 18.6 Å². The van der Waals surface area contributed by atoms with Gasteiger partial charge in [0.25, 0.3) is 0 Å². The molecular formula is C12H19ClN2S. The zero-order chi connectivity index (χ0) is 11.4. The first-order chi connectivity index (χ1) is 7.74. The Bertz CT molecular complexity index is 319. The van der Waals surface area contributed by atoms with E-state index >= 15 is 0 Å². The van der Waals surface area contributed by atoms with Gasteiger partial charge in [-0.25, -0.2) is 0 Å². The number of hydrogen-bond donors (Lipinski definition) is 2. The minimum atomic E-state index is 0.439. The molecule has 1 aromatic heterocycles. The average Bonchev–Trinajstić information content (AvgIpc) is 2.67. The average molecular weight is 259 g/mol. The quantitative estimate of drug-likeness (QED) is 0.872. The summed E-state index contributed by atoms with van der Waals surface area (Å²) in [4.78, 5) is 1.37. The Kier molecular flexibility index (Phi) is 4.65. The predicted molar refractivity (Wildman–Crippen MR) is 71.3 cm³/mol. The maximum Gasteiger partial charge on any atom is 0.0931 e. The van der Waals surface area contributed by atoms with Crippen molar-refractivity contribution in [2.75, 3.05) is 6.54 Å². The molecule has 90 valence electrons. The van der Waals surface area contributed by atoms with E-state index in [9.17, 15) is 0 Å². The Labute approximate surface area is 106 Å². The Morgan fingerprint density at radius 3 is 2.69 bits per heavy atom. The second-order valence-electron chi connectivity index (χ2n) is 4.52. The number of hydrogen-bond acceptors (Lipinski definition) is 3. The zero-order valence-corrected chi connectivity index (χ0v) is 11.0. The number of rotatable bonds is 4. The number of thiophene rings is 1. The molecule has 16 heavy (non-hydrogen) atoms. The Morgan fingerprint density at radius 1 is 1.31 bits per heavy atom. The van der Waals surface area contributed by atoms with Gasteiger partial charge < -0.3 is 11.1 Å². The van der Waals surface area contributed by atoms with E-state index in [4.69, 9.17) is 17.3 Å². The first kappa shape index (κ1) is 12.4. The summed E-state index contributed by atoms with van der Waals surface area (Å²) < 4.78 is 0.888. The van der Waals surface area contributed by atoms with Crippen molar-refractivity contribution in [1.82, 2.24) is 5.32 Å². The topological polar surface area (TPSA) is 38.0 Å². The molecule has 0 radical (unpaired) electrons. The van der Waals surface area contributed by atoms with Crippen LogP contribution in [0.1, 0.15) is 30.6 Å². The lowest BCUT2D eigenvalue weighted by molar-refractivity contribution is 0.345. The Balaban J connectivity index is 1.64. The van der Waals surface area contributed by atoms with Crippen LogP contribution in [0.5, 0.6) is 0 Å². The largest absolute Gasteiger partial charge is 0.328 e. The molecular weight excluding hydrogens is 240 g/mol. The van der Waals surface area contributed by atoms with Gasteiger partial charge >= 0.3 is 0 Å². The molecule has 0 bridgehead atoms. The normalized spacial score (nSPS) is 25.9. The molecule has 0 amide bonds.